The van der Waals surface area contributed by atoms with Gasteiger partial charge in [-0.1, -0.05) is 19.9 Å². The van der Waals surface area contributed by atoms with E-state index in [2.05, 4.69) is 5.32 Å². The fourth-order valence-corrected chi connectivity index (χ4v) is 2.95. The monoisotopic (exact) mass is 332 g/mol. The van der Waals surface area contributed by atoms with Gasteiger partial charge in [-0.3, -0.25) is 9.59 Å². The normalized spacial score (nSPS) is 18.1. The second-order valence-electron chi connectivity index (χ2n) is 6.75. The smallest absolute Gasteiger partial charge is 0.239 e. The van der Waals surface area contributed by atoms with E-state index >= 15 is 0 Å². The number of benzene rings is 1. The highest BCUT2D eigenvalue weighted by molar-refractivity contribution is 6.09. The summed E-state index contributed by atoms with van der Waals surface area (Å²) in [6.45, 7) is 8.55. The Morgan fingerprint density at radius 3 is 2.54 bits per heavy atom. The van der Waals surface area contributed by atoms with Crippen LogP contribution in [0.15, 0.2) is 18.2 Å². The Morgan fingerprint density at radius 2 is 1.96 bits per heavy atom. The molecule has 5 nitrogen and oxygen atoms in total. The zero-order valence-corrected chi connectivity index (χ0v) is 15.1. The maximum absolute atomic E-state index is 12.6. The van der Waals surface area contributed by atoms with Gasteiger partial charge in [-0.2, -0.15) is 0 Å². The summed E-state index contributed by atoms with van der Waals surface area (Å²) in [6, 6.07) is 5.90. The van der Waals surface area contributed by atoms with Crippen LogP contribution >= 0.6 is 0 Å². The van der Waals surface area contributed by atoms with Crippen LogP contribution < -0.4 is 10.2 Å². The lowest BCUT2D eigenvalue weighted by Gasteiger charge is -2.26. The van der Waals surface area contributed by atoms with E-state index in [0.717, 1.165) is 11.3 Å². The summed E-state index contributed by atoms with van der Waals surface area (Å²) >= 11 is 0. The number of amides is 2. The summed E-state index contributed by atoms with van der Waals surface area (Å²) in [6.07, 6.45) is 1.64. The first-order chi connectivity index (χ1) is 11.3. The number of nitrogens with one attached hydrogen (secondary N) is 1. The maximum Gasteiger partial charge on any atom is 0.239 e. The molecule has 0 bridgehead atoms. The van der Waals surface area contributed by atoms with E-state index in [9.17, 15) is 14.7 Å². The van der Waals surface area contributed by atoms with E-state index in [1.54, 1.807) is 4.90 Å². The second kappa shape index (κ2) is 7.34. The average Bonchev–Trinajstić information content (AvgIpc) is 2.96. The summed E-state index contributed by atoms with van der Waals surface area (Å²) in [5.74, 6) is -1.11. The van der Waals surface area contributed by atoms with E-state index in [0.29, 0.717) is 25.8 Å². The molecule has 24 heavy (non-hydrogen) atoms. The first-order valence-corrected chi connectivity index (χ1v) is 8.70. The molecular formula is C19H28N2O3. The summed E-state index contributed by atoms with van der Waals surface area (Å²) in [5.41, 5.74) is 2.25. The Bertz CT molecular complexity index is 623. The number of aliphatic hydroxyl groups is 1. The third-order valence-corrected chi connectivity index (χ3v) is 5.23. The van der Waals surface area contributed by atoms with Crippen LogP contribution in [0.5, 0.6) is 0 Å². The van der Waals surface area contributed by atoms with Crippen molar-refractivity contribution < 1.29 is 14.7 Å². The van der Waals surface area contributed by atoms with Gasteiger partial charge in [0.25, 0.3) is 0 Å². The van der Waals surface area contributed by atoms with Crippen LogP contribution in [-0.2, 0) is 9.59 Å². The molecule has 1 aromatic carbocycles. The number of carbonyl (C=O) groups is 2. The van der Waals surface area contributed by atoms with Gasteiger partial charge in [-0.25, -0.2) is 0 Å². The van der Waals surface area contributed by atoms with Crippen LogP contribution in [0.25, 0.3) is 0 Å². The molecule has 1 heterocycles. The Labute approximate surface area is 144 Å². The molecule has 0 radical (unpaired) electrons. The molecule has 1 fully saturated rings. The summed E-state index contributed by atoms with van der Waals surface area (Å²) < 4.78 is 0. The Hall–Kier alpha value is -1.88. The van der Waals surface area contributed by atoms with Gasteiger partial charge in [0, 0.05) is 18.8 Å². The third kappa shape index (κ3) is 3.78. The summed E-state index contributed by atoms with van der Waals surface area (Å²) in [4.78, 5) is 26.7. The Balaban J connectivity index is 2.02. The largest absolute Gasteiger partial charge is 0.388 e. The van der Waals surface area contributed by atoms with Crippen LogP contribution in [0.1, 0.15) is 44.2 Å². The predicted molar refractivity (Wildman–Crippen MR) is 94.9 cm³/mol. The lowest BCUT2D eigenvalue weighted by molar-refractivity contribution is -0.133. The fraction of sp³-hybridized carbons (Fsp3) is 0.579. The van der Waals surface area contributed by atoms with Gasteiger partial charge in [0.1, 0.15) is 5.92 Å². The highest BCUT2D eigenvalue weighted by atomic mass is 16.3. The van der Waals surface area contributed by atoms with Crippen LogP contribution in [0, 0.1) is 19.8 Å². The minimum absolute atomic E-state index is 0.160. The summed E-state index contributed by atoms with van der Waals surface area (Å²) in [5, 5.41) is 13.0. The van der Waals surface area contributed by atoms with Gasteiger partial charge < -0.3 is 15.3 Å². The van der Waals surface area contributed by atoms with Gasteiger partial charge in [0.15, 0.2) is 0 Å². The van der Waals surface area contributed by atoms with Crippen LogP contribution in [0.3, 0.4) is 0 Å². The molecule has 0 aromatic heterocycles. The zero-order valence-electron chi connectivity index (χ0n) is 15.1. The number of anilines is 1. The highest BCUT2D eigenvalue weighted by Crippen LogP contribution is 2.27. The van der Waals surface area contributed by atoms with Gasteiger partial charge in [0.05, 0.1) is 5.60 Å². The molecule has 5 heteroatoms. The molecule has 0 saturated carbocycles. The van der Waals surface area contributed by atoms with Gasteiger partial charge >= 0.3 is 0 Å². The molecule has 1 aliphatic heterocycles. The van der Waals surface area contributed by atoms with Gasteiger partial charge in [0.2, 0.25) is 11.8 Å². The molecule has 1 aliphatic rings. The summed E-state index contributed by atoms with van der Waals surface area (Å²) in [7, 11) is 0. The van der Waals surface area contributed by atoms with Crippen LogP contribution in [-0.4, -0.2) is 35.6 Å². The molecule has 132 valence electrons. The minimum atomic E-state index is -0.898. The second-order valence-corrected chi connectivity index (χ2v) is 6.75. The topological polar surface area (TPSA) is 69.6 Å². The molecule has 2 amide bonds. The number of rotatable bonds is 6. The lowest BCUT2D eigenvalue weighted by Crippen LogP contribution is -2.45. The Morgan fingerprint density at radius 1 is 1.29 bits per heavy atom. The molecule has 1 saturated heterocycles. The molecule has 0 aliphatic carbocycles. The van der Waals surface area contributed by atoms with E-state index in [-0.39, 0.29) is 18.4 Å². The van der Waals surface area contributed by atoms with Crippen molar-refractivity contribution in [2.75, 3.05) is 18.0 Å². The van der Waals surface area contributed by atoms with Crippen molar-refractivity contribution in [3.63, 3.8) is 0 Å². The molecular weight excluding hydrogens is 304 g/mol. The van der Waals surface area contributed by atoms with Crippen molar-refractivity contribution in [2.24, 2.45) is 5.92 Å². The molecule has 1 atom stereocenters. The Kier molecular flexibility index (Phi) is 5.65. The quantitative estimate of drug-likeness (QED) is 0.786. The highest BCUT2D eigenvalue weighted by Gasteiger charge is 2.38. The first kappa shape index (κ1) is 18.5. The molecule has 2 rings (SSSR count). The number of carbonyl (C=O) groups excluding carboxylic acids is 2. The van der Waals surface area contributed by atoms with E-state index in [4.69, 9.17) is 0 Å². The van der Waals surface area contributed by atoms with Crippen LogP contribution in [0.4, 0.5) is 5.69 Å². The number of aryl methyl sites for hydroxylation is 2. The average molecular weight is 332 g/mol. The van der Waals surface area contributed by atoms with Crippen molar-refractivity contribution in [3.05, 3.63) is 29.3 Å². The van der Waals surface area contributed by atoms with Gasteiger partial charge in [-0.05, 0) is 56.4 Å². The molecule has 0 spiro atoms. The number of hydrogen-bond donors (Lipinski definition) is 2. The maximum atomic E-state index is 12.6. The van der Waals surface area contributed by atoms with Crippen molar-refractivity contribution in [2.45, 2.75) is 52.6 Å². The third-order valence-electron chi connectivity index (χ3n) is 5.23. The zero-order chi connectivity index (χ0) is 17.9. The first-order valence-electron chi connectivity index (χ1n) is 8.70. The fourth-order valence-electron chi connectivity index (χ4n) is 2.95. The van der Waals surface area contributed by atoms with E-state index in [1.807, 2.05) is 45.9 Å². The molecule has 1 aromatic rings. The lowest BCUT2D eigenvalue weighted by atomic mass is 9.97. The minimum Gasteiger partial charge on any atom is -0.388 e. The molecule has 2 N–H and O–H groups in total. The van der Waals surface area contributed by atoms with Crippen molar-refractivity contribution in [1.29, 1.82) is 0 Å². The van der Waals surface area contributed by atoms with Crippen molar-refractivity contribution in [3.8, 4) is 0 Å². The van der Waals surface area contributed by atoms with E-state index in [1.165, 1.54) is 5.56 Å². The van der Waals surface area contributed by atoms with Crippen molar-refractivity contribution >= 4 is 17.5 Å². The molecule has 1 unspecified atom stereocenters. The van der Waals surface area contributed by atoms with E-state index < -0.39 is 11.5 Å². The van der Waals surface area contributed by atoms with Crippen LogP contribution in [0.2, 0.25) is 0 Å². The van der Waals surface area contributed by atoms with Gasteiger partial charge in [-0.15, -0.1) is 0 Å². The number of hydrogen-bond acceptors (Lipinski definition) is 3. The van der Waals surface area contributed by atoms with Crippen molar-refractivity contribution in [1.82, 2.24) is 5.32 Å². The standard InChI is InChI=1S/C19H28N2O3/c1-5-19(24,6-2)12-20-17(22)16-9-10-21(18(16)23)15-8-7-13(3)14(4)11-15/h7-8,11,16,24H,5-6,9-10,12H2,1-4H3,(H,20,22). The predicted octanol–water partition coefficient (Wildman–Crippen LogP) is 2.32. The number of nitrogens with zero attached hydrogens (tertiary/aromatic N) is 1. The SMILES string of the molecule is CCC(O)(CC)CNC(=O)C1CCN(c2ccc(C)c(C)c2)C1=O.